The van der Waals surface area contributed by atoms with Crippen LogP contribution in [0.2, 0.25) is 0 Å². The smallest absolute Gasteiger partial charge is 0.251 e. The van der Waals surface area contributed by atoms with Gasteiger partial charge < -0.3 is 74.4 Å². The molecule has 1 fully saturated rings. The summed E-state index contributed by atoms with van der Waals surface area (Å²) in [7, 11) is 18.7. The van der Waals surface area contributed by atoms with Gasteiger partial charge in [-0.05, 0) is 122 Å². The number of nitrogens with two attached hydrogens (primary N) is 1. The Kier molecular flexibility index (Phi) is 31.0. The van der Waals surface area contributed by atoms with Gasteiger partial charge in [0.2, 0.25) is 5.91 Å². The van der Waals surface area contributed by atoms with Gasteiger partial charge in [-0.1, -0.05) is 12.1 Å². The number of nitrogens with zero attached hydrogens (tertiary/aromatic N) is 23. The van der Waals surface area contributed by atoms with E-state index in [4.69, 9.17) is 59.1 Å². The number of amides is 2. The maximum absolute atomic E-state index is 14.3. The Labute approximate surface area is 811 Å². The van der Waals surface area contributed by atoms with Crippen LogP contribution in [0.15, 0.2) is 263 Å². The molecular formula is C104H105FN26O10. The number of Topliss-reactive ketones (excluding diaryl/α,β-unsaturated/α-hetero) is 1. The highest BCUT2D eigenvalue weighted by atomic mass is 19.1. The van der Waals surface area contributed by atoms with E-state index >= 15 is 0 Å². The van der Waals surface area contributed by atoms with Crippen molar-refractivity contribution in [3.63, 3.8) is 0 Å². The second-order valence-electron chi connectivity index (χ2n) is 32.8. The molecule has 0 atom stereocenters. The summed E-state index contributed by atoms with van der Waals surface area (Å²) in [5.74, 6) is 3.71. The van der Waals surface area contributed by atoms with Crippen LogP contribution in [-0.4, -0.2) is 212 Å². The van der Waals surface area contributed by atoms with Gasteiger partial charge in [-0.3, -0.25) is 58.0 Å². The van der Waals surface area contributed by atoms with Crippen molar-refractivity contribution in [2.45, 2.75) is 32.4 Å². The topological polar surface area (TPSA) is 393 Å². The number of aryl methyl sites for hydroxylation is 4. The summed E-state index contributed by atoms with van der Waals surface area (Å²) in [4.78, 5) is 93.8. The number of hydrogen-bond acceptors (Lipinski definition) is 30. The molecule has 36 nitrogen and oxygen atoms in total. The molecule has 11 heterocycles. The van der Waals surface area contributed by atoms with Crippen LogP contribution in [0.3, 0.4) is 0 Å². The first-order chi connectivity index (χ1) is 68.6. The number of nitrogens with one attached hydrogen (secondary N) is 2. The zero-order valence-electron chi connectivity index (χ0n) is 79.7. The van der Waals surface area contributed by atoms with Gasteiger partial charge in [0.1, 0.15) is 58.5 Å². The van der Waals surface area contributed by atoms with E-state index in [1.807, 2.05) is 196 Å². The summed E-state index contributed by atoms with van der Waals surface area (Å²) in [5, 5.41) is 31.7. The largest absolute Gasteiger partial charge is 0.497 e. The molecule has 5 N–H and O–H groups in total. The lowest BCUT2D eigenvalue weighted by Crippen LogP contribution is -2.38. The fourth-order valence-electron chi connectivity index (χ4n) is 15.9. The molecule has 0 saturated carbocycles. The number of carbonyl (C=O) groups is 3. The number of piperidine rings is 1. The van der Waals surface area contributed by atoms with E-state index in [9.17, 15) is 23.9 Å². The zero-order valence-corrected chi connectivity index (χ0v) is 79.7. The standard InChI is InChI=1S/C27H25N7O3.C27H27N7O2.C27H30N6O3.C23H23FN6O2/c1-33-16-18(14-30-33)25-15-29-23-8-7-19(12-24(23)31-25)34(17-27(35)32-26-6-4-5-9-28-26)20-10-21(36-2)13-22(11-20)37-3;1-33-16-18(14-30-33)27-15-29-25-8-7-21(11-26(25)32-27)34(17-20-6-4-5-19(13-28)31-20)22-9-23(35-2)12-24(10-22)36-3;1-31-18-19(16-29-31)27-17-28-25-5-4-20(14-26(25)30-27)33(11-10-32-8-6-22(34)7-9-32)21-12-23(35-2)15-24(13-21)36-3;1-25-23(32)15-8-17(24)10-19(9-15)30(6-3-7-31)18-4-5-20-21(11-18)28-22(13-26-20)16-12-27-29(2)14-16/h4-16H,17H2,1-3H3,(H,28,32,35);4-12,14-16H,13,17,28H2,1-3H3;4-5,12-18H,6-11H2,1-3H3;4-5,8-14,31H,3,6-7H2,1-2H3,(H,25,32). The number of methoxy groups -OCH3 is 6. The number of fused-ring (bicyclic) bond motifs is 4. The number of pyridine rings is 2. The van der Waals surface area contributed by atoms with Crippen LogP contribution in [-0.2, 0) is 50.9 Å². The van der Waals surface area contributed by atoms with Gasteiger partial charge in [0.05, 0.1) is 177 Å². The Bertz CT molecular complexity index is 7390. The highest BCUT2D eigenvalue weighted by molar-refractivity contribution is 5.97. The van der Waals surface area contributed by atoms with Crippen molar-refractivity contribution in [2.75, 3.05) is 120 Å². The number of halogens is 1. The molecule has 18 aromatic rings. The lowest BCUT2D eigenvalue weighted by molar-refractivity contribution is -0.121. The van der Waals surface area contributed by atoms with Crippen molar-refractivity contribution in [3.05, 3.63) is 285 Å². The Hall–Kier alpha value is -17.3. The van der Waals surface area contributed by atoms with Crippen molar-refractivity contribution in [1.82, 2.24) is 99.2 Å². The Morgan fingerprint density at radius 2 is 0.809 bits per heavy atom. The van der Waals surface area contributed by atoms with Crippen molar-refractivity contribution in [1.29, 1.82) is 0 Å². The molecule has 1 saturated heterocycles. The van der Waals surface area contributed by atoms with Gasteiger partial charge in [-0.15, -0.1) is 0 Å². The molecule has 10 aromatic heterocycles. The number of benzene rings is 8. The Balaban J connectivity index is 0.000000136. The fourth-order valence-corrected chi connectivity index (χ4v) is 15.9. The van der Waals surface area contributed by atoms with Gasteiger partial charge in [-0.2, -0.15) is 20.4 Å². The quantitative estimate of drug-likeness (QED) is 0.0313. The number of rotatable bonds is 31. The van der Waals surface area contributed by atoms with Crippen molar-refractivity contribution < 1.29 is 52.3 Å². The van der Waals surface area contributed by atoms with Gasteiger partial charge >= 0.3 is 0 Å². The molecule has 1 aliphatic heterocycles. The average molecular weight is 1900 g/mol. The number of likely N-dealkylation sites (tertiary alicyclic amines) is 1. The molecule has 0 unspecified atom stereocenters. The zero-order chi connectivity index (χ0) is 98.6. The van der Waals surface area contributed by atoms with Crippen molar-refractivity contribution in [3.8, 4) is 79.5 Å². The third-order valence-corrected chi connectivity index (χ3v) is 23.2. The average Bonchev–Trinajstić information content (AvgIpc) is 1.28. The molecule has 141 heavy (non-hydrogen) atoms. The maximum atomic E-state index is 14.3. The number of aromatic nitrogens is 18. The molecule has 0 bridgehead atoms. The van der Waals surface area contributed by atoms with Gasteiger partial charge in [0.25, 0.3) is 5.91 Å². The minimum atomic E-state index is -0.519. The molecule has 0 spiro atoms. The summed E-state index contributed by atoms with van der Waals surface area (Å²) >= 11 is 0. The van der Waals surface area contributed by atoms with Crippen LogP contribution < -0.4 is 64.4 Å². The summed E-state index contributed by atoms with van der Waals surface area (Å²) in [6.07, 6.45) is 24.9. The van der Waals surface area contributed by atoms with E-state index in [1.165, 1.54) is 19.2 Å². The summed E-state index contributed by atoms with van der Waals surface area (Å²) in [6, 6.07) is 56.0. The summed E-state index contributed by atoms with van der Waals surface area (Å²) < 4.78 is 54.4. The lowest BCUT2D eigenvalue weighted by atomic mass is 10.1. The number of aliphatic hydroxyl groups is 1. The molecule has 718 valence electrons. The minimum Gasteiger partial charge on any atom is -0.497 e. The Morgan fingerprint density at radius 1 is 0.418 bits per heavy atom. The monoisotopic (exact) mass is 1900 g/mol. The van der Waals surface area contributed by atoms with Crippen LogP contribution in [0, 0.1) is 5.82 Å². The first kappa shape index (κ1) is 96.8. The molecule has 0 radical (unpaired) electrons. The van der Waals surface area contributed by atoms with E-state index in [0.717, 1.165) is 144 Å². The molecule has 37 heteroatoms. The highest BCUT2D eigenvalue weighted by Gasteiger charge is 2.25. The number of carbonyl (C=O) groups excluding carboxylic acids is 3. The molecule has 2 amide bonds. The number of ketones is 1. The van der Waals surface area contributed by atoms with Gasteiger partial charge in [-0.25, -0.2) is 29.3 Å². The van der Waals surface area contributed by atoms with Crippen molar-refractivity contribution in [2.24, 2.45) is 33.9 Å². The van der Waals surface area contributed by atoms with Crippen LogP contribution in [0.5, 0.6) is 34.5 Å². The molecular weight excluding hydrogens is 1790 g/mol. The summed E-state index contributed by atoms with van der Waals surface area (Å²) in [5.41, 5.74) is 26.8. The predicted molar refractivity (Wildman–Crippen MR) is 540 cm³/mol. The van der Waals surface area contributed by atoms with Crippen LogP contribution >= 0.6 is 0 Å². The van der Waals surface area contributed by atoms with E-state index in [-0.39, 0.29) is 30.5 Å². The number of ether oxygens (including phenoxy) is 6. The second-order valence-corrected chi connectivity index (χ2v) is 32.8. The van der Waals surface area contributed by atoms with E-state index in [0.29, 0.717) is 113 Å². The third kappa shape index (κ3) is 24.2. The molecule has 19 rings (SSSR count). The maximum Gasteiger partial charge on any atom is 0.251 e. The van der Waals surface area contributed by atoms with E-state index < -0.39 is 5.82 Å². The van der Waals surface area contributed by atoms with Gasteiger partial charge in [0, 0.05) is 253 Å². The summed E-state index contributed by atoms with van der Waals surface area (Å²) in [6.45, 7) is 4.44. The van der Waals surface area contributed by atoms with Crippen LogP contribution in [0.25, 0.3) is 89.2 Å². The molecule has 1 aliphatic rings. The second kappa shape index (κ2) is 45.1. The van der Waals surface area contributed by atoms with Crippen LogP contribution in [0.1, 0.15) is 41.0 Å². The third-order valence-electron chi connectivity index (χ3n) is 23.2. The number of hydrogen-bond donors (Lipinski definition) is 4. The highest BCUT2D eigenvalue weighted by Crippen LogP contribution is 2.40. The lowest BCUT2D eigenvalue weighted by Gasteiger charge is -2.31. The van der Waals surface area contributed by atoms with Crippen molar-refractivity contribution >= 4 is 113 Å². The molecule has 0 aliphatic carbocycles. The fraction of sp³-hybridized carbons (Fsp3) is 0.221. The predicted octanol–water partition coefficient (Wildman–Crippen LogP) is 15.4. The van der Waals surface area contributed by atoms with Gasteiger partial charge in [0.15, 0.2) is 0 Å². The first-order valence-corrected chi connectivity index (χ1v) is 45.1. The Morgan fingerprint density at radius 3 is 1.19 bits per heavy atom. The minimum absolute atomic E-state index is 0.00806. The normalized spacial score (nSPS) is 11.8. The molecule has 8 aromatic carbocycles. The first-order valence-electron chi connectivity index (χ1n) is 45.1. The SMILES string of the molecule is CNC(=O)c1cc(F)cc(N(CCCO)c2ccc3ncc(-c4cnn(C)c4)nc3c2)c1.COc1cc(OC)cc(N(CC(=O)Nc2ccccn2)c2ccc3ncc(-c4cnn(C)c4)nc3c2)c1.COc1cc(OC)cc(N(CCN2CCC(=O)CC2)c2ccc3ncc(-c4cnn(C)c4)nc3c2)c1.COc1cc(OC)cc(N(Cc2cccc(CN)n2)c2ccc3ncc(-c4cnn(C)c4)nc3c2)c1. The number of anilines is 9. The van der Waals surface area contributed by atoms with Crippen LogP contribution in [0.4, 0.5) is 55.7 Å². The number of aliphatic hydroxyl groups excluding tert-OH is 1. The van der Waals surface area contributed by atoms with E-state index in [2.05, 4.69) is 82.8 Å². The van der Waals surface area contributed by atoms with E-state index in [1.54, 1.807) is 141 Å².